The van der Waals surface area contributed by atoms with Crippen molar-refractivity contribution < 1.29 is 14.4 Å². The second kappa shape index (κ2) is 7.94. The molecule has 0 spiro atoms. The summed E-state index contributed by atoms with van der Waals surface area (Å²) in [5.74, 6) is -2.25. The summed E-state index contributed by atoms with van der Waals surface area (Å²) in [5.41, 5.74) is 3.25. The van der Waals surface area contributed by atoms with E-state index in [1.165, 1.54) is 14.1 Å². The van der Waals surface area contributed by atoms with Crippen LogP contribution in [0.4, 0.5) is 4.79 Å². The van der Waals surface area contributed by atoms with Gasteiger partial charge in [-0.05, 0) is 23.6 Å². The molecule has 0 radical (unpaired) electrons. The zero-order valence-electron chi connectivity index (χ0n) is 16.8. The minimum absolute atomic E-state index is 0.386. The topological polar surface area (TPSA) is 85.8 Å². The smallest absolute Gasteiger partial charge is 0.332 e. The van der Waals surface area contributed by atoms with Crippen LogP contribution in [0.2, 0.25) is 0 Å². The maximum atomic E-state index is 12.8. The molecule has 2 heterocycles. The summed E-state index contributed by atoms with van der Waals surface area (Å²) in [6.45, 7) is 0.407. The number of carbonyl (C=O) groups is 3. The van der Waals surface area contributed by atoms with Gasteiger partial charge < -0.3 is 4.98 Å². The number of fused-ring (bicyclic) bond motifs is 1. The molecule has 1 fully saturated rings. The summed E-state index contributed by atoms with van der Waals surface area (Å²) in [4.78, 5) is 47.7. The predicted octanol–water partition coefficient (Wildman–Crippen LogP) is 2.87. The number of nitrogens with one attached hydrogen (secondary N) is 1. The van der Waals surface area contributed by atoms with Gasteiger partial charge in [0.05, 0.1) is 5.71 Å². The van der Waals surface area contributed by atoms with E-state index in [0.29, 0.717) is 24.2 Å². The van der Waals surface area contributed by atoms with Crippen LogP contribution in [0.3, 0.4) is 0 Å². The average molecular weight is 402 g/mol. The third kappa shape index (κ3) is 3.39. The van der Waals surface area contributed by atoms with E-state index in [1.807, 2.05) is 60.8 Å². The molecule has 4 amide bonds. The first-order valence-electron chi connectivity index (χ1n) is 9.73. The molecule has 152 valence electrons. The van der Waals surface area contributed by atoms with Gasteiger partial charge in [-0.15, -0.1) is 0 Å². The normalized spacial score (nSPS) is 16.1. The maximum absolute atomic E-state index is 12.8. The van der Waals surface area contributed by atoms with Crippen LogP contribution in [-0.2, 0) is 16.0 Å². The van der Waals surface area contributed by atoms with Gasteiger partial charge in [-0.2, -0.15) is 0 Å². The Balaban J connectivity index is 1.67. The highest BCUT2D eigenvalue weighted by Crippen LogP contribution is 2.22. The lowest BCUT2D eigenvalue weighted by Crippen LogP contribution is -2.59. The molecule has 1 aliphatic heterocycles. The summed E-state index contributed by atoms with van der Waals surface area (Å²) < 4.78 is 0. The van der Waals surface area contributed by atoms with E-state index in [0.717, 1.165) is 26.3 Å². The van der Waals surface area contributed by atoms with Crippen molar-refractivity contribution in [2.45, 2.75) is 6.42 Å². The third-order valence-electron chi connectivity index (χ3n) is 5.41. The summed E-state index contributed by atoms with van der Waals surface area (Å²) >= 11 is 0. The van der Waals surface area contributed by atoms with Crippen molar-refractivity contribution in [2.75, 3.05) is 20.6 Å². The number of H-pyrrole nitrogens is 1. The molecule has 4 rings (SSSR count). The van der Waals surface area contributed by atoms with Crippen molar-refractivity contribution in [2.24, 2.45) is 10.9 Å². The molecule has 1 saturated heterocycles. The van der Waals surface area contributed by atoms with E-state index in [1.54, 1.807) is 0 Å². The summed E-state index contributed by atoms with van der Waals surface area (Å²) in [7, 11) is 2.77. The molecule has 7 nitrogen and oxygen atoms in total. The molecule has 0 bridgehead atoms. The lowest BCUT2D eigenvalue weighted by atomic mass is 9.92. The van der Waals surface area contributed by atoms with Crippen LogP contribution in [0.25, 0.3) is 10.9 Å². The van der Waals surface area contributed by atoms with Crippen LogP contribution in [0.5, 0.6) is 0 Å². The minimum atomic E-state index is -1.14. The molecule has 30 heavy (non-hydrogen) atoms. The number of aliphatic imine (C=N–C) groups is 1. The summed E-state index contributed by atoms with van der Waals surface area (Å²) in [5, 5.41) is 1.13. The monoisotopic (exact) mass is 402 g/mol. The van der Waals surface area contributed by atoms with E-state index < -0.39 is 23.8 Å². The van der Waals surface area contributed by atoms with Gasteiger partial charge in [-0.3, -0.25) is 24.4 Å². The van der Waals surface area contributed by atoms with Crippen molar-refractivity contribution in [3.05, 3.63) is 71.9 Å². The Labute approximate surface area is 174 Å². The number of nitrogens with zero attached hydrogens (tertiary/aromatic N) is 3. The Kier molecular flexibility index (Phi) is 5.18. The lowest BCUT2D eigenvalue weighted by molar-refractivity contribution is -0.144. The van der Waals surface area contributed by atoms with Gasteiger partial charge in [0, 0.05) is 37.7 Å². The van der Waals surface area contributed by atoms with Crippen molar-refractivity contribution >= 4 is 34.5 Å². The van der Waals surface area contributed by atoms with E-state index in [4.69, 9.17) is 4.99 Å². The second-order valence-electron chi connectivity index (χ2n) is 7.25. The molecule has 0 aliphatic carbocycles. The number of aromatic amines is 1. The first kappa shape index (κ1) is 19.6. The number of hydrogen-bond donors (Lipinski definition) is 1. The van der Waals surface area contributed by atoms with E-state index in [2.05, 4.69) is 4.98 Å². The molecule has 3 aromatic rings. The number of para-hydroxylation sites is 1. The molecule has 1 aliphatic rings. The van der Waals surface area contributed by atoms with Gasteiger partial charge >= 0.3 is 6.03 Å². The lowest BCUT2D eigenvalue weighted by Gasteiger charge is -2.33. The van der Waals surface area contributed by atoms with Crippen molar-refractivity contribution in [3.63, 3.8) is 0 Å². The molecule has 1 N–H and O–H groups in total. The van der Waals surface area contributed by atoms with E-state index in [9.17, 15) is 14.4 Å². The summed E-state index contributed by atoms with van der Waals surface area (Å²) in [6.07, 6.45) is 2.61. The molecule has 0 saturated carbocycles. The quantitative estimate of drug-likeness (QED) is 0.526. The Morgan fingerprint density at radius 3 is 2.27 bits per heavy atom. The molecular weight excluding hydrogens is 380 g/mol. The SMILES string of the molecule is CN1C(=O)C(C(=NCCc2c[nH]c3ccccc23)c2ccccc2)C(=O)N(C)C1=O. The van der Waals surface area contributed by atoms with E-state index >= 15 is 0 Å². The standard InChI is InChI=1S/C23H22N4O3/c1-26-21(28)19(22(29)27(2)23(26)30)20(15-8-4-3-5-9-15)24-13-12-16-14-25-18-11-7-6-10-17(16)18/h3-11,14,19,25H,12-13H2,1-2H3. The zero-order valence-corrected chi connectivity index (χ0v) is 16.8. The Morgan fingerprint density at radius 2 is 1.57 bits per heavy atom. The van der Waals surface area contributed by atoms with Crippen LogP contribution < -0.4 is 0 Å². The largest absolute Gasteiger partial charge is 0.361 e. The number of imide groups is 2. The van der Waals surface area contributed by atoms with Crippen LogP contribution >= 0.6 is 0 Å². The first-order valence-corrected chi connectivity index (χ1v) is 9.73. The van der Waals surface area contributed by atoms with E-state index in [-0.39, 0.29) is 0 Å². The summed E-state index contributed by atoms with van der Waals surface area (Å²) in [6, 6.07) is 16.6. The second-order valence-corrected chi connectivity index (χ2v) is 7.25. The number of barbiturate groups is 1. The van der Waals surface area contributed by atoms with Crippen molar-refractivity contribution in [3.8, 4) is 0 Å². The Morgan fingerprint density at radius 1 is 0.933 bits per heavy atom. The molecule has 0 atom stereocenters. The van der Waals surface area contributed by atoms with Crippen LogP contribution in [0, 0.1) is 5.92 Å². The molecule has 7 heteroatoms. The van der Waals surface area contributed by atoms with Gasteiger partial charge in [0.25, 0.3) is 0 Å². The van der Waals surface area contributed by atoms with Gasteiger partial charge in [-0.25, -0.2) is 4.79 Å². The fourth-order valence-corrected chi connectivity index (χ4v) is 3.73. The number of carbonyl (C=O) groups excluding carboxylic acids is 3. The van der Waals surface area contributed by atoms with Crippen molar-refractivity contribution in [1.29, 1.82) is 0 Å². The molecule has 0 unspecified atom stereocenters. The Hall–Kier alpha value is -3.74. The number of rotatable bonds is 5. The van der Waals surface area contributed by atoms with Gasteiger partial charge in [0.2, 0.25) is 11.8 Å². The minimum Gasteiger partial charge on any atom is -0.361 e. The zero-order chi connectivity index (χ0) is 21.3. The van der Waals surface area contributed by atoms with Gasteiger partial charge in [0.15, 0.2) is 5.92 Å². The fraction of sp³-hybridized carbons (Fsp3) is 0.217. The number of urea groups is 1. The number of amides is 4. The first-order chi connectivity index (χ1) is 14.5. The predicted molar refractivity (Wildman–Crippen MR) is 114 cm³/mol. The Bertz CT molecular complexity index is 1130. The van der Waals surface area contributed by atoms with Crippen LogP contribution in [0.15, 0.2) is 65.8 Å². The number of hydrogen-bond acceptors (Lipinski definition) is 4. The van der Waals surface area contributed by atoms with Crippen LogP contribution in [-0.4, -0.2) is 59.0 Å². The molecule has 2 aromatic carbocycles. The highest BCUT2D eigenvalue weighted by Gasteiger charge is 2.45. The van der Waals surface area contributed by atoms with Crippen LogP contribution in [0.1, 0.15) is 11.1 Å². The molecule has 1 aromatic heterocycles. The third-order valence-corrected chi connectivity index (χ3v) is 5.41. The number of benzene rings is 2. The fourth-order valence-electron chi connectivity index (χ4n) is 3.73. The highest BCUT2D eigenvalue weighted by atomic mass is 16.2. The maximum Gasteiger partial charge on any atom is 0.332 e. The molecular formula is C23H22N4O3. The average Bonchev–Trinajstić information content (AvgIpc) is 3.19. The highest BCUT2D eigenvalue weighted by molar-refractivity contribution is 6.30. The van der Waals surface area contributed by atoms with Crippen molar-refractivity contribution in [1.82, 2.24) is 14.8 Å². The van der Waals surface area contributed by atoms with Gasteiger partial charge in [-0.1, -0.05) is 48.5 Å². The number of aromatic nitrogens is 1. The van der Waals surface area contributed by atoms with Gasteiger partial charge in [0.1, 0.15) is 0 Å².